The third kappa shape index (κ3) is 4.72. The Morgan fingerprint density at radius 2 is 1.83 bits per heavy atom. The zero-order valence-corrected chi connectivity index (χ0v) is 21.7. The molecule has 1 aliphatic carbocycles. The minimum absolute atomic E-state index is 0.0983. The lowest BCUT2D eigenvalue weighted by molar-refractivity contribution is -0.143. The summed E-state index contributed by atoms with van der Waals surface area (Å²) in [5.74, 6) is -1.32. The first-order chi connectivity index (χ1) is 17.2. The van der Waals surface area contributed by atoms with Gasteiger partial charge in [0.2, 0.25) is 0 Å². The average Bonchev–Trinajstić information content (AvgIpc) is 2.82. The molecule has 1 aliphatic heterocycles. The fourth-order valence-corrected chi connectivity index (χ4v) is 5.28. The largest absolute Gasteiger partial charge is 0.493 e. The van der Waals surface area contributed by atoms with Crippen molar-refractivity contribution in [3.8, 4) is 11.5 Å². The number of benzene rings is 2. The number of hydrogen-bond donors (Lipinski definition) is 1. The highest BCUT2D eigenvalue weighted by molar-refractivity contribution is 6.31. The third-order valence-corrected chi connectivity index (χ3v) is 6.89. The highest BCUT2D eigenvalue weighted by Crippen LogP contribution is 2.48. The first-order valence-corrected chi connectivity index (χ1v) is 12.1. The van der Waals surface area contributed by atoms with Gasteiger partial charge in [-0.05, 0) is 62.9 Å². The van der Waals surface area contributed by atoms with Gasteiger partial charge in [-0.2, -0.15) is 0 Å². The van der Waals surface area contributed by atoms with E-state index in [0.29, 0.717) is 34.9 Å². The van der Waals surface area contributed by atoms with E-state index < -0.39 is 17.7 Å². The van der Waals surface area contributed by atoms with Crippen LogP contribution in [0.15, 0.2) is 58.9 Å². The monoisotopic (exact) mass is 513 g/mol. The lowest BCUT2D eigenvalue weighted by Crippen LogP contribution is -2.37. The van der Waals surface area contributed by atoms with Gasteiger partial charge in [0.05, 0.1) is 31.8 Å². The fraction of sp³-hybridized carbons (Fsp3) is 0.357. The van der Waals surface area contributed by atoms with Crippen molar-refractivity contribution in [1.29, 1.82) is 0 Å². The zero-order valence-electron chi connectivity index (χ0n) is 20.9. The number of allylic oxidation sites excluding steroid dienone is 3. The molecular formula is C28H29ClFNO5. The van der Waals surface area contributed by atoms with Crippen molar-refractivity contribution in [3.63, 3.8) is 0 Å². The van der Waals surface area contributed by atoms with Crippen molar-refractivity contribution < 1.29 is 28.2 Å². The fourth-order valence-electron chi connectivity index (χ4n) is 5.00. The van der Waals surface area contributed by atoms with E-state index in [4.69, 9.17) is 25.8 Å². The van der Waals surface area contributed by atoms with Crippen LogP contribution in [0.5, 0.6) is 11.5 Å². The number of ketones is 1. The van der Waals surface area contributed by atoms with Gasteiger partial charge in [0, 0.05) is 34.0 Å². The van der Waals surface area contributed by atoms with Gasteiger partial charge < -0.3 is 19.5 Å². The summed E-state index contributed by atoms with van der Waals surface area (Å²) in [7, 11) is 3.13. The lowest BCUT2D eigenvalue weighted by atomic mass is 9.71. The summed E-state index contributed by atoms with van der Waals surface area (Å²) in [6, 6.07) is 9.92. The number of hydrogen-bond acceptors (Lipinski definition) is 6. The summed E-state index contributed by atoms with van der Waals surface area (Å²) in [5.41, 5.74) is 2.70. The molecule has 1 N–H and O–H groups in total. The summed E-state index contributed by atoms with van der Waals surface area (Å²) in [5, 5.41) is 3.40. The molecule has 0 fully saturated rings. The van der Waals surface area contributed by atoms with Crippen molar-refractivity contribution in [2.75, 3.05) is 14.2 Å². The number of carbonyl (C=O) groups is 2. The molecule has 0 spiro atoms. The van der Waals surface area contributed by atoms with Crippen LogP contribution in [-0.4, -0.2) is 32.1 Å². The van der Waals surface area contributed by atoms with Crippen LogP contribution in [0.1, 0.15) is 56.6 Å². The summed E-state index contributed by atoms with van der Waals surface area (Å²) >= 11 is 6.46. The van der Waals surface area contributed by atoms with Crippen molar-refractivity contribution in [3.05, 3.63) is 80.9 Å². The predicted octanol–water partition coefficient (Wildman–Crippen LogP) is 5.81. The molecule has 0 bridgehead atoms. The first-order valence-electron chi connectivity index (χ1n) is 11.8. The summed E-state index contributed by atoms with van der Waals surface area (Å²) < 4.78 is 31.5. The van der Waals surface area contributed by atoms with Crippen LogP contribution < -0.4 is 14.8 Å². The minimum atomic E-state index is -0.972. The Bertz CT molecular complexity index is 1260. The van der Waals surface area contributed by atoms with Crippen LogP contribution in [0.25, 0.3) is 0 Å². The maximum Gasteiger partial charge on any atom is 0.337 e. The second-order valence-electron chi connectivity index (χ2n) is 9.22. The number of methoxy groups -OCH3 is 2. The Labute approximate surface area is 215 Å². The standard InChI is InChI=1S/C28H29ClFNO5/c1-14(2)36-28(33)24-15(3)31-20-11-17(16-9-10-22(34-4)23(13-16)35-5)12-21(32)26(20)27(24)25-18(29)7-6-8-19(25)30/h6-10,13-14,17,27,31H,11-12H2,1-5H3/t17-,27-/m0/s1. The van der Waals surface area contributed by atoms with Crippen LogP contribution in [0.4, 0.5) is 4.39 Å². The van der Waals surface area contributed by atoms with Gasteiger partial charge in [-0.25, -0.2) is 9.18 Å². The van der Waals surface area contributed by atoms with Crippen LogP contribution in [0.2, 0.25) is 5.02 Å². The molecule has 6 nitrogen and oxygen atoms in total. The Kier molecular flexibility index (Phi) is 7.41. The van der Waals surface area contributed by atoms with E-state index in [9.17, 15) is 9.59 Å². The minimum Gasteiger partial charge on any atom is -0.493 e. The van der Waals surface area contributed by atoms with Gasteiger partial charge in [-0.1, -0.05) is 23.7 Å². The van der Waals surface area contributed by atoms with Crippen molar-refractivity contribution in [2.45, 2.75) is 51.6 Å². The molecule has 0 aromatic heterocycles. The van der Waals surface area contributed by atoms with Gasteiger partial charge in [0.25, 0.3) is 0 Å². The number of carbonyl (C=O) groups excluding carboxylic acids is 2. The van der Waals surface area contributed by atoms with E-state index in [-0.39, 0.29) is 40.4 Å². The number of dihydropyridines is 1. The van der Waals surface area contributed by atoms with Gasteiger partial charge in [0.1, 0.15) is 5.82 Å². The van der Waals surface area contributed by atoms with E-state index in [2.05, 4.69) is 5.32 Å². The SMILES string of the molecule is COc1ccc([C@@H]2CC(=O)C3=C(C2)NC(C)=C(C(=O)OC(C)C)[C@H]3c2c(F)cccc2Cl)cc1OC. The van der Waals surface area contributed by atoms with E-state index in [0.717, 1.165) is 5.56 Å². The van der Waals surface area contributed by atoms with E-state index in [1.54, 1.807) is 41.1 Å². The molecule has 36 heavy (non-hydrogen) atoms. The summed E-state index contributed by atoms with van der Waals surface area (Å²) in [4.78, 5) is 26.9. The quantitative estimate of drug-likeness (QED) is 0.491. The van der Waals surface area contributed by atoms with Crippen LogP contribution in [-0.2, 0) is 14.3 Å². The summed E-state index contributed by atoms with van der Waals surface area (Å²) in [6.07, 6.45) is 0.286. The lowest BCUT2D eigenvalue weighted by Gasteiger charge is -2.37. The number of ether oxygens (including phenoxy) is 3. The maximum atomic E-state index is 15.2. The van der Waals surface area contributed by atoms with Crippen molar-refractivity contribution in [2.24, 2.45) is 0 Å². The topological polar surface area (TPSA) is 73.9 Å². The second-order valence-corrected chi connectivity index (χ2v) is 9.63. The molecule has 2 aliphatic rings. The smallest absolute Gasteiger partial charge is 0.337 e. The molecule has 0 amide bonds. The van der Waals surface area contributed by atoms with Crippen molar-refractivity contribution >= 4 is 23.4 Å². The summed E-state index contributed by atoms with van der Waals surface area (Å²) in [6.45, 7) is 5.20. The van der Waals surface area contributed by atoms with Crippen LogP contribution >= 0.6 is 11.6 Å². The first kappa shape index (κ1) is 25.8. The molecular weight excluding hydrogens is 485 g/mol. The maximum absolute atomic E-state index is 15.2. The Hall–Kier alpha value is -3.32. The molecule has 2 aromatic carbocycles. The normalized spacial score (nSPS) is 19.7. The Balaban J connectivity index is 1.82. The Morgan fingerprint density at radius 3 is 2.47 bits per heavy atom. The number of Topliss-reactive ketones (excluding diaryl/α,β-unsaturated/α-hetero) is 1. The molecule has 0 unspecified atom stereocenters. The Morgan fingerprint density at radius 1 is 1.11 bits per heavy atom. The van der Waals surface area contributed by atoms with Crippen molar-refractivity contribution in [1.82, 2.24) is 5.32 Å². The molecule has 190 valence electrons. The van der Waals surface area contributed by atoms with Gasteiger partial charge in [-0.3, -0.25) is 4.79 Å². The van der Waals surface area contributed by atoms with Crippen LogP contribution in [0.3, 0.4) is 0 Å². The van der Waals surface area contributed by atoms with Gasteiger partial charge in [-0.15, -0.1) is 0 Å². The highest BCUT2D eigenvalue weighted by atomic mass is 35.5. The highest BCUT2D eigenvalue weighted by Gasteiger charge is 2.43. The average molecular weight is 514 g/mol. The zero-order chi connectivity index (χ0) is 26.1. The predicted molar refractivity (Wildman–Crippen MR) is 135 cm³/mol. The molecule has 2 atom stereocenters. The van der Waals surface area contributed by atoms with E-state index in [1.807, 2.05) is 18.2 Å². The third-order valence-electron chi connectivity index (χ3n) is 6.56. The molecule has 1 heterocycles. The number of nitrogens with one attached hydrogen (secondary N) is 1. The molecule has 4 rings (SSSR count). The van der Waals surface area contributed by atoms with Crippen LogP contribution in [0, 0.1) is 5.82 Å². The van der Waals surface area contributed by atoms with E-state index >= 15 is 4.39 Å². The molecule has 0 saturated heterocycles. The van der Waals surface area contributed by atoms with Gasteiger partial charge in [0.15, 0.2) is 17.3 Å². The number of halogens is 2. The number of rotatable bonds is 6. The molecule has 0 radical (unpaired) electrons. The van der Waals surface area contributed by atoms with E-state index in [1.165, 1.54) is 12.1 Å². The molecule has 8 heteroatoms. The number of esters is 1. The molecule has 0 saturated carbocycles. The molecule has 2 aromatic rings. The second kappa shape index (κ2) is 10.3. The van der Waals surface area contributed by atoms with Gasteiger partial charge >= 0.3 is 5.97 Å².